The van der Waals surface area contributed by atoms with Gasteiger partial charge in [-0.3, -0.25) is 4.79 Å². The van der Waals surface area contributed by atoms with Crippen molar-refractivity contribution in [2.24, 2.45) is 0 Å². The van der Waals surface area contributed by atoms with E-state index in [9.17, 15) is 4.79 Å². The Hall–Kier alpha value is -2.86. The van der Waals surface area contributed by atoms with E-state index in [1.165, 1.54) is 0 Å². The first-order valence-corrected chi connectivity index (χ1v) is 9.19. The summed E-state index contributed by atoms with van der Waals surface area (Å²) in [5.41, 5.74) is 5.33. The highest BCUT2D eigenvalue weighted by atomic mass is 32.1. The van der Waals surface area contributed by atoms with Gasteiger partial charge in [0.25, 0.3) is 5.91 Å². The third kappa shape index (κ3) is 4.28. The molecule has 1 aliphatic rings. The number of rotatable bonds is 4. The van der Waals surface area contributed by atoms with Crippen LogP contribution in [-0.4, -0.2) is 25.1 Å². The Balaban J connectivity index is 1.92. The molecule has 3 rings (SSSR count). The average molecular weight is 381 g/mol. The predicted molar refractivity (Wildman–Crippen MR) is 115 cm³/mol. The fourth-order valence-corrected chi connectivity index (χ4v) is 3.40. The summed E-state index contributed by atoms with van der Waals surface area (Å²) in [4.78, 5) is 15.1. The van der Waals surface area contributed by atoms with Crippen LogP contribution in [0.25, 0.3) is 0 Å². The molecule has 0 aliphatic carbocycles. The summed E-state index contributed by atoms with van der Waals surface area (Å²) in [6.45, 7) is 3.87. The van der Waals surface area contributed by atoms with E-state index in [4.69, 9.17) is 12.2 Å². The maximum absolute atomic E-state index is 13.1. The molecule has 0 saturated heterocycles. The Morgan fingerprint density at radius 2 is 1.81 bits per heavy atom. The number of carbonyl (C=O) groups is 1. The molecule has 140 valence electrons. The summed E-state index contributed by atoms with van der Waals surface area (Å²) in [5, 5.41) is 9.81. The summed E-state index contributed by atoms with van der Waals surface area (Å²) in [7, 11) is 4.00. The molecule has 3 N–H and O–H groups in total. The number of nitrogens with zero attached hydrogens (tertiary/aromatic N) is 1. The molecule has 27 heavy (non-hydrogen) atoms. The van der Waals surface area contributed by atoms with Gasteiger partial charge in [-0.2, -0.15) is 0 Å². The van der Waals surface area contributed by atoms with E-state index in [-0.39, 0.29) is 11.9 Å². The van der Waals surface area contributed by atoms with Crippen molar-refractivity contribution in [3.8, 4) is 0 Å². The Kier molecular flexibility index (Phi) is 5.46. The van der Waals surface area contributed by atoms with E-state index in [1.54, 1.807) is 0 Å². The number of hydrogen-bond donors (Lipinski definition) is 3. The first-order valence-electron chi connectivity index (χ1n) is 8.79. The minimum atomic E-state index is -0.306. The standard InChI is InChI=1S/C21H24N4OS/c1-13-6-5-7-16(12-13)23-20(26)18-14(2)22-21(27)24-19(18)15-8-10-17(11-9-15)25(3)4/h5-12,19H,1-4H3,(H,23,26)(H2,22,24,27). The topological polar surface area (TPSA) is 56.4 Å². The molecule has 0 radical (unpaired) electrons. The van der Waals surface area contributed by atoms with Crippen LogP contribution in [0.1, 0.15) is 24.1 Å². The zero-order valence-corrected chi connectivity index (χ0v) is 16.8. The highest BCUT2D eigenvalue weighted by molar-refractivity contribution is 7.80. The quantitative estimate of drug-likeness (QED) is 0.709. The number of aryl methyl sites for hydroxylation is 1. The first-order chi connectivity index (χ1) is 12.8. The van der Waals surface area contributed by atoms with Gasteiger partial charge in [0.05, 0.1) is 11.6 Å². The lowest BCUT2D eigenvalue weighted by atomic mass is 9.94. The zero-order chi connectivity index (χ0) is 19.6. The number of anilines is 2. The molecule has 2 aromatic rings. The summed E-state index contributed by atoms with van der Waals surface area (Å²) in [5.74, 6) is -0.151. The minimum absolute atomic E-state index is 0.151. The normalized spacial score (nSPS) is 16.4. The maximum Gasteiger partial charge on any atom is 0.255 e. The van der Waals surface area contributed by atoms with Crippen molar-refractivity contribution in [1.29, 1.82) is 0 Å². The number of hydrogen-bond acceptors (Lipinski definition) is 3. The van der Waals surface area contributed by atoms with Gasteiger partial charge in [0, 0.05) is 31.2 Å². The van der Waals surface area contributed by atoms with Crippen LogP contribution in [0.5, 0.6) is 0 Å². The number of amides is 1. The lowest BCUT2D eigenvalue weighted by Gasteiger charge is -2.30. The van der Waals surface area contributed by atoms with Gasteiger partial charge in [-0.15, -0.1) is 0 Å². The summed E-state index contributed by atoms with van der Waals surface area (Å²) in [6.07, 6.45) is 0. The molecule has 1 heterocycles. The number of benzene rings is 2. The summed E-state index contributed by atoms with van der Waals surface area (Å²) in [6, 6.07) is 15.6. The first kappa shape index (κ1) is 18.9. The molecule has 1 amide bonds. The van der Waals surface area contributed by atoms with E-state index < -0.39 is 0 Å². The molecule has 1 atom stereocenters. The van der Waals surface area contributed by atoms with E-state index in [1.807, 2.05) is 81.4 Å². The second-order valence-corrected chi connectivity index (χ2v) is 7.29. The van der Waals surface area contributed by atoms with Crippen LogP contribution >= 0.6 is 12.2 Å². The molecule has 0 aromatic heterocycles. The van der Waals surface area contributed by atoms with Crippen LogP contribution in [0.3, 0.4) is 0 Å². The van der Waals surface area contributed by atoms with Crippen LogP contribution < -0.4 is 20.9 Å². The average Bonchev–Trinajstić information content (AvgIpc) is 2.61. The molecule has 0 spiro atoms. The van der Waals surface area contributed by atoms with Crippen LogP contribution in [0, 0.1) is 6.92 Å². The van der Waals surface area contributed by atoms with Gasteiger partial charge in [0.2, 0.25) is 0 Å². The maximum atomic E-state index is 13.1. The fourth-order valence-electron chi connectivity index (χ4n) is 3.13. The zero-order valence-electron chi connectivity index (χ0n) is 16.0. The molecule has 1 unspecified atom stereocenters. The van der Waals surface area contributed by atoms with Crippen molar-refractivity contribution in [1.82, 2.24) is 10.6 Å². The monoisotopic (exact) mass is 380 g/mol. The largest absolute Gasteiger partial charge is 0.378 e. The highest BCUT2D eigenvalue weighted by Gasteiger charge is 2.29. The van der Waals surface area contributed by atoms with Crippen molar-refractivity contribution in [3.63, 3.8) is 0 Å². The molecule has 1 aliphatic heterocycles. The molecular formula is C21H24N4OS. The number of allylic oxidation sites excluding steroid dienone is 1. The van der Waals surface area contributed by atoms with Crippen molar-refractivity contribution >= 4 is 34.6 Å². The van der Waals surface area contributed by atoms with E-state index in [0.29, 0.717) is 10.7 Å². The minimum Gasteiger partial charge on any atom is -0.378 e. The van der Waals surface area contributed by atoms with E-state index in [0.717, 1.165) is 28.2 Å². The summed E-state index contributed by atoms with van der Waals surface area (Å²) >= 11 is 5.32. The van der Waals surface area contributed by atoms with Crippen molar-refractivity contribution < 1.29 is 4.79 Å². The number of thiocarbonyl (C=S) groups is 1. The van der Waals surface area contributed by atoms with Crippen LogP contribution in [-0.2, 0) is 4.79 Å². The molecule has 0 saturated carbocycles. The van der Waals surface area contributed by atoms with Gasteiger partial charge in [0.15, 0.2) is 5.11 Å². The lowest BCUT2D eigenvalue weighted by Crippen LogP contribution is -2.45. The Labute approximate surface area is 165 Å². The second-order valence-electron chi connectivity index (χ2n) is 6.88. The molecular weight excluding hydrogens is 356 g/mol. The SMILES string of the molecule is CC1=C(C(=O)Nc2cccc(C)c2)C(c2ccc(N(C)C)cc2)NC(=S)N1. The third-order valence-electron chi connectivity index (χ3n) is 4.53. The molecule has 0 fully saturated rings. The second kappa shape index (κ2) is 7.80. The van der Waals surface area contributed by atoms with Crippen molar-refractivity contribution in [2.75, 3.05) is 24.3 Å². The van der Waals surface area contributed by atoms with Crippen LogP contribution in [0.2, 0.25) is 0 Å². The third-order valence-corrected chi connectivity index (χ3v) is 4.75. The fraction of sp³-hybridized carbons (Fsp3) is 0.238. The molecule has 5 nitrogen and oxygen atoms in total. The molecule has 0 bridgehead atoms. The Morgan fingerprint density at radius 3 is 2.44 bits per heavy atom. The van der Waals surface area contributed by atoms with E-state index >= 15 is 0 Å². The Morgan fingerprint density at radius 1 is 1.11 bits per heavy atom. The predicted octanol–water partition coefficient (Wildman–Crippen LogP) is 3.49. The van der Waals surface area contributed by atoms with E-state index in [2.05, 4.69) is 16.0 Å². The van der Waals surface area contributed by atoms with Gasteiger partial charge in [-0.05, 0) is 61.5 Å². The van der Waals surface area contributed by atoms with Crippen LogP contribution in [0.15, 0.2) is 59.8 Å². The van der Waals surface area contributed by atoms with Gasteiger partial charge in [-0.25, -0.2) is 0 Å². The number of carbonyl (C=O) groups excluding carboxylic acids is 1. The van der Waals surface area contributed by atoms with Crippen molar-refractivity contribution in [3.05, 3.63) is 70.9 Å². The van der Waals surface area contributed by atoms with Gasteiger partial charge in [-0.1, -0.05) is 24.3 Å². The van der Waals surface area contributed by atoms with Gasteiger partial charge >= 0.3 is 0 Å². The number of nitrogens with one attached hydrogen (secondary N) is 3. The Bertz CT molecular complexity index is 903. The summed E-state index contributed by atoms with van der Waals surface area (Å²) < 4.78 is 0. The molecule has 6 heteroatoms. The lowest BCUT2D eigenvalue weighted by molar-refractivity contribution is -0.113. The highest BCUT2D eigenvalue weighted by Crippen LogP contribution is 2.29. The van der Waals surface area contributed by atoms with Crippen molar-refractivity contribution in [2.45, 2.75) is 19.9 Å². The smallest absolute Gasteiger partial charge is 0.255 e. The molecule has 2 aromatic carbocycles. The van der Waals surface area contributed by atoms with Gasteiger partial charge < -0.3 is 20.9 Å². The van der Waals surface area contributed by atoms with Gasteiger partial charge in [0.1, 0.15) is 0 Å². The van der Waals surface area contributed by atoms with Crippen LogP contribution in [0.4, 0.5) is 11.4 Å².